The zero-order chi connectivity index (χ0) is 45.4. The largest absolute Gasteiger partial charge is 1.00 e. The second kappa shape index (κ2) is 16.4. The Morgan fingerprint density at radius 1 is 0.323 bits per heavy atom. The second-order valence-electron chi connectivity index (χ2n) is 22.9. The monoisotopic (exact) mass is 841 g/mol. The zero-order valence-electron chi connectivity index (χ0n) is 39.9. The van der Waals surface area contributed by atoms with E-state index in [-0.39, 0.29) is 74.0 Å². The van der Waals surface area contributed by atoms with Gasteiger partial charge >= 0.3 is 5.69 Å². The number of phenols is 4. The quantitative estimate of drug-likeness (QED) is 0.114. The minimum atomic E-state index is -0.271. The van der Waals surface area contributed by atoms with Crippen LogP contribution >= 0.6 is 0 Å². The van der Waals surface area contributed by atoms with Crippen molar-refractivity contribution < 1.29 is 25.1 Å². The van der Waals surface area contributed by atoms with Crippen LogP contribution in [-0.4, -0.2) is 20.4 Å². The van der Waals surface area contributed by atoms with E-state index in [0.29, 0.717) is 63.0 Å². The van der Waals surface area contributed by atoms with Crippen molar-refractivity contribution in [3.8, 4) is 23.0 Å². The maximum absolute atomic E-state index is 12.3. The van der Waals surface area contributed by atoms with Crippen LogP contribution in [0.4, 0.5) is 5.69 Å². The van der Waals surface area contributed by atoms with Gasteiger partial charge in [0.25, 0.3) is 0 Å². The van der Waals surface area contributed by atoms with Crippen LogP contribution in [0, 0.1) is 5.39 Å². The zero-order valence-corrected chi connectivity index (χ0v) is 39.9. The van der Waals surface area contributed by atoms with E-state index in [0.717, 1.165) is 38.9 Å². The van der Waals surface area contributed by atoms with E-state index in [1.54, 1.807) is 0 Å². The molecule has 0 radical (unpaired) electrons. The second-order valence-corrected chi connectivity index (χ2v) is 22.9. The molecule has 62 heavy (non-hydrogen) atoms. The van der Waals surface area contributed by atoms with Gasteiger partial charge in [-0.15, -0.1) is 0 Å². The predicted molar refractivity (Wildman–Crippen MR) is 251 cm³/mol. The topological polar surface area (TPSA) is 109 Å². The molecule has 0 aromatic heterocycles. The Morgan fingerprint density at radius 2 is 0.468 bits per heavy atom. The minimum Gasteiger partial charge on any atom is -1.00 e. The Bertz CT molecular complexity index is 2420. The molecule has 7 heteroatoms. The number of hydrogen-bond donors (Lipinski definition) is 4. The highest BCUT2D eigenvalue weighted by Gasteiger charge is 2.31. The maximum atomic E-state index is 12.3. The standard InChI is InChI=1S/C55H68N2O4.FH/c1-51(2,3)41-21-31-16-33-23-42(52(4,5)6)25-35(47(33)58)18-37-27-44(54(10,11)12)29-39(49(37)60)20-40-30-45(55(13,14)15)28-38(50(40)61)19-36-26-43(53(7,8)9)24-34(48(36)59)17-32(22-41)46(31)57-56;/h21-30H,16-20H2,1-15H3,(H3-,58,59,60,61);1H. The Morgan fingerprint density at radius 3 is 0.613 bits per heavy atom. The van der Waals surface area contributed by atoms with E-state index in [1.807, 2.05) is 0 Å². The van der Waals surface area contributed by atoms with Gasteiger partial charge in [-0.2, -0.15) is 0 Å². The molecule has 0 amide bonds. The first-order valence-electron chi connectivity index (χ1n) is 21.9. The number of phenolic OH excluding ortho intramolecular Hbond substituents is 4. The van der Waals surface area contributed by atoms with Crippen LogP contribution in [-0.2, 0) is 59.2 Å². The Balaban J connectivity index is 0.00000726. The van der Waals surface area contributed by atoms with Gasteiger partial charge < -0.3 is 25.1 Å². The van der Waals surface area contributed by atoms with Crippen molar-refractivity contribution in [3.63, 3.8) is 0 Å². The normalized spacial score (nSPS) is 13.8. The third-order valence-corrected chi connectivity index (χ3v) is 12.7. The molecule has 0 saturated carbocycles. The summed E-state index contributed by atoms with van der Waals surface area (Å²) >= 11 is 0. The van der Waals surface area contributed by atoms with Crippen LogP contribution < -0.4 is 4.70 Å². The molecule has 0 atom stereocenters. The Labute approximate surface area is 370 Å². The molecule has 0 fully saturated rings. The van der Waals surface area contributed by atoms with Crippen molar-refractivity contribution in [3.05, 3.63) is 149 Å². The first-order valence-corrected chi connectivity index (χ1v) is 21.9. The molecule has 0 heterocycles. The van der Waals surface area contributed by atoms with E-state index in [4.69, 9.17) is 0 Å². The number of hydrogen-bond acceptors (Lipinski definition) is 5. The minimum absolute atomic E-state index is 0. The van der Waals surface area contributed by atoms with Gasteiger partial charge in [-0.05, 0) is 112 Å². The molecule has 4 N–H and O–H groups in total. The molecule has 6 nitrogen and oxygen atoms in total. The number of halogens is 1. The fourth-order valence-electron chi connectivity index (χ4n) is 8.47. The SMILES string of the molecule is CC(C)(C)c1cc2c(O)c(c1)Cc1cc(C(C)(C)C)cc(c1O)Cc1cc(C(C)(C)C)cc(c1[N+]#N)Cc1cc(C(C)(C)C)cc(c1O)Cc1cc(C(C)(C)C)cc(c1O)C2.[F-]. The van der Waals surface area contributed by atoms with Crippen molar-refractivity contribution in [1.82, 2.24) is 0 Å². The summed E-state index contributed by atoms with van der Waals surface area (Å²) in [6, 6.07) is 20.6. The van der Waals surface area contributed by atoms with E-state index in [9.17, 15) is 25.8 Å². The molecule has 10 bridgehead atoms. The molecule has 1 aliphatic rings. The molecule has 6 rings (SSSR count). The summed E-state index contributed by atoms with van der Waals surface area (Å²) < 4.78 is 0. The lowest BCUT2D eigenvalue weighted by Gasteiger charge is -2.26. The molecule has 1 aliphatic carbocycles. The summed E-state index contributed by atoms with van der Waals surface area (Å²) in [5.74, 6) is 0.541. The number of diazo groups is 1. The highest BCUT2D eigenvalue weighted by molar-refractivity contribution is 5.65. The van der Waals surface area contributed by atoms with Crippen LogP contribution in [0.3, 0.4) is 0 Å². The summed E-state index contributed by atoms with van der Waals surface area (Å²) in [5.41, 5.74) is 11.3. The van der Waals surface area contributed by atoms with Crippen molar-refractivity contribution in [2.24, 2.45) is 0 Å². The lowest BCUT2D eigenvalue weighted by Crippen LogP contribution is -3.00. The molecule has 330 valence electrons. The Hall–Kier alpha value is -5.35. The molecule has 0 saturated heterocycles. The van der Waals surface area contributed by atoms with Crippen molar-refractivity contribution in [2.45, 2.75) is 163 Å². The molecular formula is C55H69FN2O4. The average Bonchev–Trinajstić information content (AvgIpc) is 3.11. The van der Waals surface area contributed by atoms with Crippen molar-refractivity contribution >= 4 is 5.69 Å². The van der Waals surface area contributed by atoms with E-state index in [1.165, 1.54) is 0 Å². The van der Waals surface area contributed by atoms with Crippen molar-refractivity contribution in [1.29, 1.82) is 5.39 Å². The summed E-state index contributed by atoms with van der Waals surface area (Å²) in [7, 11) is 0. The smallest absolute Gasteiger partial charge is 0.392 e. The molecule has 5 aromatic rings. The molecule has 0 unspecified atom stereocenters. The van der Waals surface area contributed by atoms with Crippen LogP contribution in [0.15, 0.2) is 60.7 Å². The van der Waals surface area contributed by atoms with E-state index in [2.05, 4.69) is 169 Å². The third-order valence-electron chi connectivity index (χ3n) is 12.7. The average molecular weight is 841 g/mol. The molecule has 5 aromatic carbocycles. The molecule has 0 aliphatic heterocycles. The molecular weight excluding hydrogens is 772 g/mol. The van der Waals surface area contributed by atoms with E-state index >= 15 is 0 Å². The summed E-state index contributed by atoms with van der Waals surface area (Å²) in [6.45, 7) is 32.3. The van der Waals surface area contributed by atoms with Gasteiger partial charge in [0.05, 0.1) is 11.1 Å². The lowest BCUT2D eigenvalue weighted by atomic mass is 9.79. The van der Waals surface area contributed by atoms with Gasteiger partial charge in [-0.3, -0.25) is 0 Å². The predicted octanol–water partition coefficient (Wildman–Crippen LogP) is 10.8. The number of nitrogens with zero attached hydrogens (tertiary/aromatic N) is 2. The maximum Gasteiger partial charge on any atom is 0.392 e. The van der Waals surface area contributed by atoms with Gasteiger partial charge in [-0.1, -0.05) is 152 Å². The third kappa shape index (κ3) is 9.81. The molecule has 0 spiro atoms. The van der Waals surface area contributed by atoms with Crippen LogP contribution in [0.25, 0.3) is 4.98 Å². The van der Waals surface area contributed by atoms with Crippen LogP contribution in [0.2, 0.25) is 0 Å². The number of benzene rings is 5. The van der Waals surface area contributed by atoms with Crippen LogP contribution in [0.5, 0.6) is 23.0 Å². The fraction of sp³-hybridized carbons (Fsp3) is 0.455. The van der Waals surface area contributed by atoms with Gasteiger partial charge in [0.1, 0.15) is 23.0 Å². The lowest BCUT2D eigenvalue weighted by molar-refractivity contribution is -0.0000185. The first kappa shape index (κ1) is 47.7. The van der Waals surface area contributed by atoms with Gasteiger partial charge in [0, 0.05) is 32.1 Å². The number of rotatable bonds is 0. The van der Waals surface area contributed by atoms with Gasteiger partial charge in [0.15, 0.2) is 4.98 Å². The van der Waals surface area contributed by atoms with Crippen molar-refractivity contribution in [2.75, 3.05) is 0 Å². The highest BCUT2D eigenvalue weighted by atomic mass is 19.0. The summed E-state index contributed by atoms with van der Waals surface area (Å²) in [4.78, 5) is 3.94. The number of fused-ring (bicyclic) bond motifs is 10. The van der Waals surface area contributed by atoms with Gasteiger partial charge in [-0.25, -0.2) is 0 Å². The fourth-order valence-corrected chi connectivity index (χ4v) is 8.47. The summed E-state index contributed by atoms with van der Waals surface area (Å²) in [5, 5.41) is 60.0. The number of aromatic hydroxyl groups is 4. The van der Waals surface area contributed by atoms with Crippen LogP contribution in [0.1, 0.15) is 187 Å². The van der Waals surface area contributed by atoms with E-state index < -0.39 is 0 Å². The summed E-state index contributed by atoms with van der Waals surface area (Å²) in [6.07, 6.45) is 1.42. The Kier molecular flexibility index (Phi) is 12.6. The van der Waals surface area contributed by atoms with Gasteiger partial charge in [0.2, 0.25) is 5.39 Å². The highest BCUT2D eigenvalue weighted by Crippen LogP contribution is 2.44. The first-order chi connectivity index (χ1) is 27.9.